The second kappa shape index (κ2) is 3.94. The van der Waals surface area contributed by atoms with E-state index in [1.54, 1.807) is 0 Å². The van der Waals surface area contributed by atoms with Crippen molar-refractivity contribution >= 4 is 0 Å². The molecule has 0 bridgehead atoms. The van der Waals surface area contributed by atoms with Gasteiger partial charge in [0, 0.05) is 13.2 Å². The minimum atomic E-state index is 0.355. The van der Waals surface area contributed by atoms with Crippen molar-refractivity contribution in [3.63, 3.8) is 0 Å². The average molecular weight is 142 g/mol. The van der Waals surface area contributed by atoms with E-state index < -0.39 is 0 Å². The molecule has 0 aliphatic carbocycles. The molecule has 59 valence electrons. The average Bonchev–Trinajstić information content (AvgIpc) is 2.37. The molecule has 0 spiro atoms. The summed E-state index contributed by atoms with van der Waals surface area (Å²) in [5.74, 6) is 0.534. The van der Waals surface area contributed by atoms with E-state index in [2.05, 4.69) is 11.8 Å². The van der Waals surface area contributed by atoms with Crippen molar-refractivity contribution in [2.45, 2.75) is 12.8 Å². The molecule has 1 fully saturated rings. The summed E-state index contributed by atoms with van der Waals surface area (Å²) in [6, 6.07) is 0. The van der Waals surface area contributed by atoms with Crippen LogP contribution in [0.3, 0.4) is 0 Å². The summed E-state index contributed by atoms with van der Waals surface area (Å²) in [5.41, 5.74) is 0. The highest BCUT2D eigenvalue weighted by atomic mass is 16.3. The Bertz CT molecular complexity index is 95.3. The maximum atomic E-state index is 8.81. The molecular weight excluding hydrogens is 126 g/mol. The van der Waals surface area contributed by atoms with Gasteiger partial charge in [0.2, 0.25) is 0 Å². The molecule has 0 saturated carbocycles. The molecule has 1 N–H and O–H groups in total. The second-order valence-corrected chi connectivity index (χ2v) is 2.99. The normalized spacial score (nSPS) is 27.6. The molecule has 1 heterocycles. The lowest BCUT2D eigenvalue weighted by atomic mass is 10.1. The Hall–Kier alpha value is -0.0800. The van der Waals surface area contributed by atoms with Gasteiger partial charge in [0.15, 0.2) is 0 Å². The maximum Gasteiger partial charge on any atom is 0.0471 e. The minimum absolute atomic E-state index is 0.355. The lowest BCUT2D eigenvalue weighted by Gasteiger charge is -2.12. The van der Waals surface area contributed by atoms with E-state index >= 15 is 0 Å². The van der Waals surface area contributed by atoms with E-state index in [-0.39, 0.29) is 0 Å². The Morgan fingerprint density at radius 3 is 2.90 bits per heavy atom. The fourth-order valence-corrected chi connectivity index (χ4v) is 1.49. The van der Waals surface area contributed by atoms with Crippen LogP contribution in [0.5, 0.6) is 0 Å². The van der Waals surface area contributed by atoms with Crippen LogP contribution in [0.2, 0.25) is 0 Å². The third-order valence-electron chi connectivity index (χ3n) is 2.10. The summed E-state index contributed by atoms with van der Waals surface area (Å²) in [5, 5.41) is 8.81. The van der Waals surface area contributed by atoms with Crippen LogP contribution in [0.15, 0.2) is 0 Å². The highest BCUT2D eigenvalue weighted by Crippen LogP contribution is 2.14. The number of hydrogen-bond donors (Lipinski definition) is 1. The van der Waals surface area contributed by atoms with Gasteiger partial charge in [-0.05, 0) is 31.8 Å². The van der Waals surface area contributed by atoms with Crippen molar-refractivity contribution in [1.82, 2.24) is 4.90 Å². The quantitative estimate of drug-likeness (QED) is 0.621. The molecule has 1 aliphatic heterocycles. The van der Waals surface area contributed by atoms with Gasteiger partial charge in [-0.1, -0.05) is 6.92 Å². The van der Waals surface area contributed by atoms with E-state index in [0.29, 0.717) is 12.5 Å². The van der Waals surface area contributed by atoms with E-state index in [4.69, 9.17) is 5.11 Å². The molecule has 0 aromatic rings. The zero-order valence-corrected chi connectivity index (χ0v) is 6.42. The van der Waals surface area contributed by atoms with Crippen LogP contribution in [0.1, 0.15) is 12.8 Å². The number of rotatable bonds is 3. The zero-order chi connectivity index (χ0) is 7.40. The van der Waals surface area contributed by atoms with Gasteiger partial charge in [0.25, 0.3) is 0 Å². The summed E-state index contributed by atoms with van der Waals surface area (Å²) in [7, 11) is 0. The van der Waals surface area contributed by atoms with Crippen LogP contribution in [0, 0.1) is 12.8 Å². The fraction of sp³-hybridized carbons (Fsp3) is 0.875. The predicted molar refractivity (Wildman–Crippen MR) is 41.6 cm³/mol. The lowest BCUT2D eigenvalue weighted by Crippen LogP contribution is -2.22. The fourth-order valence-electron chi connectivity index (χ4n) is 1.49. The molecule has 10 heavy (non-hydrogen) atoms. The third kappa shape index (κ3) is 1.96. The minimum Gasteiger partial charge on any atom is -0.396 e. The van der Waals surface area contributed by atoms with E-state index in [0.717, 1.165) is 32.5 Å². The molecule has 1 rings (SSSR count). The molecule has 1 aliphatic rings. The van der Waals surface area contributed by atoms with Crippen molar-refractivity contribution in [3.8, 4) is 0 Å². The number of nitrogens with zero attached hydrogens (tertiary/aromatic N) is 1. The Morgan fingerprint density at radius 1 is 1.60 bits per heavy atom. The lowest BCUT2D eigenvalue weighted by molar-refractivity contribution is 0.222. The van der Waals surface area contributed by atoms with Crippen molar-refractivity contribution in [1.29, 1.82) is 0 Å². The van der Waals surface area contributed by atoms with E-state index in [9.17, 15) is 0 Å². The molecule has 0 aromatic carbocycles. The molecule has 2 nitrogen and oxygen atoms in total. The Balaban J connectivity index is 2.15. The first kappa shape index (κ1) is 8.02. The first-order valence-corrected chi connectivity index (χ1v) is 3.99. The Morgan fingerprint density at radius 2 is 2.40 bits per heavy atom. The zero-order valence-electron chi connectivity index (χ0n) is 6.42. The van der Waals surface area contributed by atoms with Gasteiger partial charge >= 0.3 is 0 Å². The SMILES string of the molecule is [CH2]CCN1CCC(CO)C1. The van der Waals surface area contributed by atoms with Crippen molar-refractivity contribution in [3.05, 3.63) is 6.92 Å². The maximum absolute atomic E-state index is 8.81. The summed E-state index contributed by atoms with van der Waals surface area (Å²) < 4.78 is 0. The number of likely N-dealkylation sites (tertiary alicyclic amines) is 1. The van der Waals surface area contributed by atoms with Crippen LogP contribution in [-0.4, -0.2) is 36.2 Å². The van der Waals surface area contributed by atoms with Crippen molar-refractivity contribution in [2.24, 2.45) is 5.92 Å². The van der Waals surface area contributed by atoms with Gasteiger partial charge in [-0.25, -0.2) is 0 Å². The first-order chi connectivity index (χ1) is 4.86. The van der Waals surface area contributed by atoms with Crippen LogP contribution in [-0.2, 0) is 0 Å². The van der Waals surface area contributed by atoms with Gasteiger partial charge in [-0.2, -0.15) is 0 Å². The number of hydrogen-bond acceptors (Lipinski definition) is 2. The highest BCUT2D eigenvalue weighted by molar-refractivity contribution is 4.74. The smallest absolute Gasteiger partial charge is 0.0471 e. The van der Waals surface area contributed by atoms with Gasteiger partial charge < -0.3 is 10.0 Å². The molecular formula is C8H16NO. The topological polar surface area (TPSA) is 23.5 Å². The molecule has 1 unspecified atom stereocenters. The van der Waals surface area contributed by atoms with Crippen molar-refractivity contribution < 1.29 is 5.11 Å². The van der Waals surface area contributed by atoms with Gasteiger partial charge in [-0.3, -0.25) is 0 Å². The van der Waals surface area contributed by atoms with Gasteiger partial charge in [-0.15, -0.1) is 0 Å². The summed E-state index contributed by atoms with van der Waals surface area (Å²) in [6.45, 7) is 7.47. The predicted octanol–water partition coefficient (Wildman–Crippen LogP) is 0.525. The highest BCUT2D eigenvalue weighted by Gasteiger charge is 2.20. The Kier molecular flexibility index (Phi) is 3.16. The molecule has 1 atom stereocenters. The molecule has 0 amide bonds. The summed E-state index contributed by atoms with van der Waals surface area (Å²) in [6.07, 6.45) is 2.15. The van der Waals surface area contributed by atoms with E-state index in [1.165, 1.54) is 0 Å². The molecule has 2 heteroatoms. The van der Waals surface area contributed by atoms with Gasteiger partial charge in [0.05, 0.1) is 0 Å². The third-order valence-corrected chi connectivity index (χ3v) is 2.10. The van der Waals surface area contributed by atoms with E-state index in [1.807, 2.05) is 0 Å². The monoisotopic (exact) mass is 142 g/mol. The first-order valence-electron chi connectivity index (χ1n) is 3.99. The summed E-state index contributed by atoms with van der Waals surface area (Å²) in [4.78, 5) is 2.37. The van der Waals surface area contributed by atoms with Crippen LogP contribution >= 0.6 is 0 Å². The second-order valence-electron chi connectivity index (χ2n) is 2.99. The molecule has 1 radical (unpaired) electrons. The number of aliphatic hydroxyl groups is 1. The summed E-state index contributed by atoms with van der Waals surface area (Å²) >= 11 is 0. The van der Waals surface area contributed by atoms with Crippen molar-refractivity contribution in [2.75, 3.05) is 26.2 Å². The largest absolute Gasteiger partial charge is 0.396 e. The van der Waals surface area contributed by atoms with Crippen LogP contribution in [0.25, 0.3) is 0 Å². The van der Waals surface area contributed by atoms with Crippen LogP contribution < -0.4 is 0 Å². The number of aliphatic hydroxyl groups excluding tert-OH is 1. The standard InChI is InChI=1S/C8H16NO/c1-2-4-9-5-3-8(6-9)7-10/h8,10H,1-7H2. The molecule has 1 saturated heterocycles. The molecule has 0 aromatic heterocycles. The van der Waals surface area contributed by atoms with Crippen LogP contribution in [0.4, 0.5) is 0 Å². The van der Waals surface area contributed by atoms with Gasteiger partial charge in [0.1, 0.15) is 0 Å². The Labute approximate surface area is 62.8 Å².